The van der Waals surface area contributed by atoms with E-state index in [9.17, 15) is 9.50 Å². The minimum absolute atomic E-state index is 0.000573. The predicted molar refractivity (Wildman–Crippen MR) is 76.9 cm³/mol. The summed E-state index contributed by atoms with van der Waals surface area (Å²) in [5, 5.41) is 9.79. The Labute approximate surface area is 115 Å². The average Bonchev–Trinajstić information content (AvgIpc) is 2.46. The summed E-state index contributed by atoms with van der Waals surface area (Å²) in [6, 6.07) is 6.75. The topological polar surface area (TPSA) is 23.5 Å². The Bertz CT molecular complexity index is 401. The molecule has 2 nitrogen and oxygen atoms in total. The predicted octanol–water partition coefficient (Wildman–Crippen LogP) is 3.59. The van der Waals surface area contributed by atoms with Gasteiger partial charge in [-0.3, -0.25) is 0 Å². The number of hydrogen-bond donors (Lipinski definition) is 1. The number of benzene rings is 1. The van der Waals surface area contributed by atoms with E-state index >= 15 is 0 Å². The second-order valence-corrected chi connectivity index (χ2v) is 5.71. The molecule has 0 atom stereocenters. The summed E-state index contributed by atoms with van der Waals surface area (Å²) in [4.78, 5) is 2.19. The maximum Gasteiger partial charge on any atom is 0.125 e. The van der Waals surface area contributed by atoms with Crippen LogP contribution in [-0.4, -0.2) is 24.8 Å². The van der Waals surface area contributed by atoms with Crippen LogP contribution in [0.25, 0.3) is 0 Å². The standard InChI is InChI=1S/C16H24FNO/c1-2-18(15-8-6-7-14(17)11-15)12-16(13-19)9-4-3-5-10-16/h6-8,11,19H,2-5,9-10,12-13H2,1H3. The molecule has 1 aliphatic rings. The fourth-order valence-electron chi connectivity index (χ4n) is 3.13. The molecule has 0 radical (unpaired) electrons. The van der Waals surface area contributed by atoms with Gasteiger partial charge in [-0.25, -0.2) is 4.39 Å². The monoisotopic (exact) mass is 265 g/mol. The lowest BCUT2D eigenvalue weighted by Crippen LogP contribution is -2.41. The third-order valence-corrected chi connectivity index (χ3v) is 4.33. The molecule has 0 unspecified atom stereocenters. The third kappa shape index (κ3) is 3.47. The normalized spacial score (nSPS) is 18.3. The van der Waals surface area contributed by atoms with E-state index in [2.05, 4.69) is 11.8 Å². The van der Waals surface area contributed by atoms with Gasteiger partial charge in [0, 0.05) is 24.2 Å². The number of aliphatic hydroxyl groups is 1. The third-order valence-electron chi connectivity index (χ3n) is 4.33. The summed E-state index contributed by atoms with van der Waals surface area (Å²) in [5.41, 5.74) is 0.918. The van der Waals surface area contributed by atoms with Crippen molar-refractivity contribution in [1.29, 1.82) is 0 Å². The summed E-state index contributed by atoms with van der Waals surface area (Å²) >= 11 is 0. The molecule has 1 fully saturated rings. The van der Waals surface area contributed by atoms with Crippen LogP contribution in [0.4, 0.5) is 10.1 Å². The fraction of sp³-hybridized carbons (Fsp3) is 0.625. The molecule has 0 aliphatic heterocycles. The van der Waals surface area contributed by atoms with Crippen molar-refractivity contribution in [2.45, 2.75) is 39.0 Å². The smallest absolute Gasteiger partial charge is 0.125 e. The first kappa shape index (κ1) is 14.3. The molecule has 1 aliphatic carbocycles. The van der Waals surface area contributed by atoms with Gasteiger partial charge in [-0.05, 0) is 38.0 Å². The van der Waals surface area contributed by atoms with Gasteiger partial charge in [0.1, 0.15) is 5.82 Å². The number of halogens is 1. The summed E-state index contributed by atoms with van der Waals surface area (Å²) in [6.07, 6.45) is 5.82. The molecule has 0 aromatic heterocycles. The van der Waals surface area contributed by atoms with Gasteiger partial charge in [-0.1, -0.05) is 25.3 Å². The molecule has 1 aromatic rings. The van der Waals surface area contributed by atoms with Crippen molar-refractivity contribution in [2.24, 2.45) is 5.41 Å². The van der Waals surface area contributed by atoms with Gasteiger partial charge >= 0.3 is 0 Å². The quantitative estimate of drug-likeness (QED) is 0.879. The Balaban J connectivity index is 2.13. The first-order chi connectivity index (χ1) is 9.19. The number of anilines is 1. The fourth-order valence-corrected chi connectivity index (χ4v) is 3.13. The Hall–Kier alpha value is -1.09. The van der Waals surface area contributed by atoms with E-state index in [1.54, 1.807) is 12.1 Å². The molecule has 0 spiro atoms. The molecule has 1 saturated carbocycles. The zero-order valence-electron chi connectivity index (χ0n) is 11.7. The maximum absolute atomic E-state index is 13.3. The van der Waals surface area contributed by atoms with Crippen molar-refractivity contribution in [3.05, 3.63) is 30.1 Å². The molecule has 2 rings (SSSR count). The molecular formula is C16H24FNO. The Morgan fingerprint density at radius 1 is 1.26 bits per heavy atom. The lowest BCUT2D eigenvalue weighted by Gasteiger charge is -2.40. The van der Waals surface area contributed by atoms with Crippen molar-refractivity contribution in [3.8, 4) is 0 Å². The SMILES string of the molecule is CCN(CC1(CO)CCCCC1)c1cccc(F)c1. The van der Waals surface area contributed by atoms with Gasteiger partial charge in [-0.15, -0.1) is 0 Å². The van der Waals surface area contributed by atoms with Crippen molar-refractivity contribution in [1.82, 2.24) is 0 Å². The Morgan fingerprint density at radius 2 is 2.00 bits per heavy atom. The molecule has 106 valence electrons. The van der Waals surface area contributed by atoms with Gasteiger partial charge in [-0.2, -0.15) is 0 Å². The van der Waals surface area contributed by atoms with Gasteiger partial charge in [0.25, 0.3) is 0 Å². The van der Waals surface area contributed by atoms with E-state index in [4.69, 9.17) is 0 Å². The van der Waals surface area contributed by atoms with Gasteiger partial charge in [0.15, 0.2) is 0 Å². The van der Waals surface area contributed by atoms with Crippen LogP contribution in [0.2, 0.25) is 0 Å². The van der Waals surface area contributed by atoms with Crippen molar-refractivity contribution in [3.63, 3.8) is 0 Å². The summed E-state index contributed by atoms with van der Waals surface area (Å²) in [7, 11) is 0. The number of hydrogen-bond acceptors (Lipinski definition) is 2. The largest absolute Gasteiger partial charge is 0.396 e. The van der Waals surface area contributed by atoms with Crippen molar-refractivity contribution < 1.29 is 9.50 Å². The highest BCUT2D eigenvalue weighted by Crippen LogP contribution is 2.37. The Morgan fingerprint density at radius 3 is 2.58 bits per heavy atom. The molecule has 1 N–H and O–H groups in total. The zero-order chi connectivity index (χ0) is 13.7. The first-order valence-corrected chi connectivity index (χ1v) is 7.30. The number of aliphatic hydroxyl groups excluding tert-OH is 1. The van der Waals surface area contributed by atoms with E-state index in [1.165, 1.54) is 25.3 Å². The van der Waals surface area contributed by atoms with Crippen molar-refractivity contribution >= 4 is 5.69 Å². The lowest BCUT2D eigenvalue weighted by atomic mass is 9.74. The average molecular weight is 265 g/mol. The number of nitrogens with zero attached hydrogens (tertiary/aromatic N) is 1. The second kappa shape index (κ2) is 6.38. The molecule has 0 heterocycles. The highest BCUT2D eigenvalue weighted by atomic mass is 19.1. The van der Waals surface area contributed by atoms with Crippen LogP contribution < -0.4 is 4.90 Å². The molecular weight excluding hydrogens is 241 g/mol. The zero-order valence-corrected chi connectivity index (χ0v) is 11.7. The van der Waals surface area contributed by atoms with Crippen LogP contribution in [0.1, 0.15) is 39.0 Å². The van der Waals surface area contributed by atoms with Crippen LogP contribution in [0.15, 0.2) is 24.3 Å². The summed E-state index contributed by atoms with van der Waals surface area (Å²) in [5.74, 6) is -0.197. The second-order valence-electron chi connectivity index (χ2n) is 5.71. The van der Waals surface area contributed by atoms with E-state index in [0.717, 1.165) is 31.6 Å². The van der Waals surface area contributed by atoms with Crippen LogP contribution in [0, 0.1) is 11.2 Å². The number of rotatable bonds is 5. The summed E-state index contributed by atoms with van der Waals surface area (Å²) in [6.45, 7) is 3.98. The molecule has 0 amide bonds. The van der Waals surface area contributed by atoms with E-state index in [0.29, 0.717) is 0 Å². The van der Waals surface area contributed by atoms with Crippen LogP contribution in [0.3, 0.4) is 0 Å². The van der Waals surface area contributed by atoms with Gasteiger partial charge < -0.3 is 10.0 Å². The van der Waals surface area contributed by atoms with Gasteiger partial charge in [0.05, 0.1) is 6.61 Å². The first-order valence-electron chi connectivity index (χ1n) is 7.30. The summed E-state index contributed by atoms with van der Waals surface area (Å²) < 4.78 is 13.3. The Kier molecular flexibility index (Phi) is 4.81. The van der Waals surface area contributed by atoms with Gasteiger partial charge in [0.2, 0.25) is 0 Å². The maximum atomic E-state index is 13.3. The molecule has 19 heavy (non-hydrogen) atoms. The highest BCUT2D eigenvalue weighted by molar-refractivity contribution is 5.46. The van der Waals surface area contributed by atoms with E-state index < -0.39 is 0 Å². The minimum atomic E-state index is -0.197. The molecule has 1 aromatic carbocycles. The molecule has 0 bridgehead atoms. The minimum Gasteiger partial charge on any atom is -0.396 e. The van der Waals surface area contributed by atoms with Crippen LogP contribution in [0.5, 0.6) is 0 Å². The lowest BCUT2D eigenvalue weighted by molar-refractivity contribution is 0.0882. The van der Waals surface area contributed by atoms with Crippen molar-refractivity contribution in [2.75, 3.05) is 24.6 Å². The van der Waals surface area contributed by atoms with E-state index in [-0.39, 0.29) is 17.8 Å². The molecule has 0 saturated heterocycles. The van der Waals surface area contributed by atoms with E-state index in [1.807, 2.05) is 6.07 Å². The highest BCUT2D eigenvalue weighted by Gasteiger charge is 2.33. The molecule has 3 heteroatoms. The van der Waals surface area contributed by atoms with Crippen LogP contribution >= 0.6 is 0 Å². The van der Waals surface area contributed by atoms with Crippen LogP contribution in [-0.2, 0) is 0 Å².